The molecule has 1 aromatic carbocycles. The fourth-order valence-corrected chi connectivity index (χ4v) is 2.30. The van der Waals surface area contributed by atoms with E-state index in [9.17, 15) is 18.0 Å². The van der Waals surface area contributed by atoms with Crippen LogP contribution in [0.3, 0.4) is 0 Å². The SMILES string of the molecule is CNc1ccc(C(F)(F)F)cc1C(=O)NC1(C)CCC1. The normalized spacial score (nSPS) is 17.2. The number of amides is 1. The molecule has 0 radical (unpaired) electrons. The van der Waals surface area contributed by atoms with E-state index in [1.165, 1.54) is 6.07 Å². The van der Waals surface area contributed by atoms with Crippen molar-refractivity contribution in [3.05, 3.63) is 29.3 Å². The molecule has 3 nitrogen and oxygen atoms in total. The van der Waals surface area contributed by atoms with Gasteiger partial charge in [0, 0.05) is 18.3 Å². The van der Waals surface area contributed by atoms with Crippen molar-refractivity contribution in [2.75, 3.05) is 12.4 Å². The zero-order valence-electron chi connectivity index (χ0n) is 11.4. The molecule has 2 N–H and O–H groups in total. The van der Waals surface area contributed by atoms with Crippen LogP contribution >= 0.6 is 0 Å². The summed E-state index contributed by atoms with van der Waals surface area (Å²) in [4.78, 5) is 12.2. The third-order valence-electron chi connectivity index (χ3n) is 3.73. The van der Waals surface area contributed by atoms with E-state index in [-0.39, 0.29) is 11.1 Å². The summed E-state index contributed by atoms with van der Waals surface area (Å²) in [7, 11) is 1.57. The summed E-state index contributed by atoms with van der Waals surface area (Å²) in [6.07, 6.45) is -1.72. The third kappa shape index (κ3) is 2.89. The van der Waals surface area contributed by atoms with E-state index >= 15 is 0 Å². The Bertz CT molecular complexity index is 522. The average Bonchev–Trinajstić information content (AvgIpc) is 2.34. The second kappa shape index (κ2) is 5.00. The molecule has 0 aromatic heterocycles. The summed E-state index contributed by atoms with van der Waals surface area (Å²) in [5.74, 6) is -0.470. The fourth-order valence-electron chi connectivity index (χ4n) is 2.30. The van der Waals surface area contributed by atoms with Crippen LogP contribution in [-0.2, 0) is 6.18 Å². The van der Waals surface area contributed by atoms with Crippen LogP contribution in [0.25, 0.3) is 0 Å². The highest BCUT2D eigenvalue weighted by atomic mass is 19.4. The first kappa shape index (κ1) is 14.7. The molecule has 1 aliphatic rings. The lowest BCUT2D eigenvalue weighted by atomic mass is 9.78. The van der Waals surface area contributed by atoms with E-state index in [1.807, 2.05) is 6.92 Å². The van der Waals surface area contributed by atoms with Gasteiger partial charge in [0.2, 0.25) is 0 Å². The highest BCUT2D eigenvalue weighted by Gasteiger charge is 2.35. The Morgan fingerprint density at radius 2 is 1.95 bits per heavy atom. The monoisotopic (exact) mass is 286 g/mol. The number of halogens is 3. The highest BCUT2D eigenvalue weighted by molar-refractivity contribution is 6.00. The maximum absolute atomic E-state index is 12.7. The Labute approximate surface area is 115 Å². The maximum atomic E-state index is 12.7. The van der Waals surface area contributed by atoms with E-state index in [0.29, 0.717) is 5.69 Å². The van der Waals surface area contributed by atoms with Crippen LogP contribution in [0.4, 0.5) is 18.9 Å². The van der Waals surface area contributed by atoms with Crippen molar-refractivity contribution < 1.29 is 18.0 Å². The van der Waals surface area contributed by atoms with Crippen LogP contribution in [0.1, 0.15) is 42.1 Å². The topological polar surface area (TPSA) is 41.1 Å². The number of hydrogen-bond acceptors (Lipinski definition) is 2. The number of carbonyl (C=O) groups is 1. The van der Waals surface area contributed by atoms with Gasteiger partial charge >= 0.3 is 6.18 Å². The van der Waals surface area contributed by atoms with Crippen LogP contribution in [0, 0.1) is 0 Å². The van der Waals surface area contributed by atoms with E-state index in [4.69, 9.17) is 0 Å². The van der Waals surface area contributed by atoms with E-state index in [1.54, 1.807) is 7.05 Å². The molecule has 20 heavy (non-hydrogen) atoms. The molecule has 0 bridgehead atoms. The predicted octanol–water partition coefficient (Wildman–Crippen LogP) is 3.42. The third-order valence-corrected chi connectivity index (χ3v) is 3.73. The number of nitrogens with one attached hydrogen (secondary N) is 2. The molecule has 1 aromatic rings. The van der Waals surface area contributed by atoms with Gasteiger partial charge in [-0.3, -0.25) is 4.79 Å². The number of rotatable bonds is 3. The van der Waals surface area contributed by atoms with Crippen molar-refractivity contribution in [1.82, 2.24) is 5.32 Å². The van der Waals surface area contributed by atoms with Crippen LogP contribution in [0.5, 0.6) is 0 Å². The summed E-state index contributed by atoms with van der Waals surface area (Å²) >= 11 is 0. The van der Waals surface area contributed by atoms with Crippen LogP contribution in [0.2, 0.25) is 0 Å². The fraction of sp³-hybridized carbons (Fsp3) is 0.500. The second-order valence-electron chi connectivity index (χ2n) is 5.38. The van der Waals surface area contributed by atoms with Gasteiger partial charge < -0.3 is 10.6 Å². The maximum Gasteiger partial charge on any atom is 0.416 e. The lowest BCUT2D eigenvalue weighted by molar-refractivity contribution is -0.137. The largest absolute Gasteiger partial charge is 0.416 e. The van der Waals surface area contributed by atoms with Crippen LogP contribution in [0.15, 0.2) is 18.2 Å². The Hall–Kier alpha value is -1.72. The molecule has 1 aliphatic carbocycles. The van der Waals surface area contributed by atoms with Gasteiger partial charge in [0.15, 0.2) is 0 Å². The number of alkyl halides is 3. The Morgan fingerprint density at radius 1 is 1.30 bits per heavy atom. The minimum atomic E-state index is -4.46. The molecule has 0 heterocycles. The zero-order valence-corrected chi connectivity index (χ0v) is 11.4. The molecule has 0 unspecified atom stereocenters. The molecule has 0 spiro atoms. The van der Waals surface area contributed by atoms with Crippen molar-refractivity contribution >= 4 is 11.6 Å². The van der Waals surface area contributed by atoms with Gasteiger partial charge in [-0.15, -0.1) is 0 Å². The number of benzene rings is 1. The summed E-state index contributed by atoms with van der Waals surface area (Å²) < 4.78 is 38.2. The van der Waals surface area contributed by atoms with Crippen molar-refractivity contribution in [2.45, 2.75) is 37.9 Å². The van der Waals surface area contributed by atoms with Gasteiger partial charge in [-0.2, -0.15) is 13.2 Å². The highest BCUT2D eigenvalue weighted by Crippen LogP contribution is 2.34. The van der Waals surface area contributed by atoms with E-state index in [0.717, 1.165) is 31.4 Å². The van der Waals surface area contributed by atoms with Crippen LogP contribution in [-0.4, -0.2) is 18.5 Å². The van der Waals surface area contributed by atoms with E-state index < -0.39 is 17.6 Å². The summed E-state index contributed by atoms with van der Waals surface area (Å²) in [6.45, 7) is 1.90. The number of hydrogen-bond donors (Lipinski definition) is 2. The quantitative estimate of drug-likeness (QED) is 0.894. The number of anilines is 1. The van der Waals surface area contributed by atoms with Gasteiger partial charge in [-0.05, 0) is 44.4 Å². The molecule has 110 valence electrons. The molecule has 0 aliphatic heterocycles. The molecule has 1 amide bonds. The first-order valence-corrected chi connectivity index (χ1v) is 6.47. The first-order chi connectivity index (χ1) is 9.25. The minimum Gasteiger partial charge on any atom is -0.387 e. The number of carbonyl (C=O) groups excluding carboxylic acids is 1. The first-order valence-electron chi connectivity index (χ1n) is 6.47. The Balaban J connectivity index is 2.30. The summed E-state index contributed by atoms with van der Waals surface area (Å²) in [6, 6.07) is 3.14. The molecule has 0 atom stereocenters. The van der Waals surface area contributed by atoms with Gasteiger partial charge in [0.1, 0.15) is 0 Å². The van der Waals surface area contributed by atoms with Gasteiger partial charge in [0.05, 0.1) is 11.1 Å². The van der Waals surface area contributed by atoms with Gasteiger partial charge in [-0.1, -0.05) is 0 Å². The van der Waals surface area contributed by atoms with E-state index in [2.05, 4.69) is 10.6 Å². The Morgan fingerprint density at radius 3 is 2.40 bits per heavy atom. The standard InChI is InChI=1S/C14H17F3N2O/c1-13(6-3-7-13)19-12(20)10-8-9(14(15,16)17)4-5-11(10)18-2/h4-5,8,18H,3,6-7H2,1-2H3,(H,19,20). The van der Waals surface area contributed by atoms with Gasteiger partial charge in [0.25, 0.3) is 5.91 Å². The smallest absolute Gasteiger partial charge is 0.387 e. The molecular formula is C14H17F3N2O. The average molecular weight is 286 g/mol. The zero-order chi connectivity index (χ0) is 15.0. The van der Waals surface area contributed by atoms with Crippen molar-refractivity contribution in [3.8, 4) is 0 Å². The summed E-state index contributed by atoms with van der Waals surface area (Å²) in [5, 5.41) is 5.56. The molecule has 6 heteroatoms. The molecule has 1 saturated carbocycles. The van der Waals surface area contributed by atoms with Crippen LogP contribution < -0.4 is 10.6 Å². The summed E-state index contributed by atoms with van der Waals surface area (Å²) in [5.41, 5.74) is -0.703. The predicted molar refractivity (Wildman–Crippen MR) is 70.7 cm³/mol. The van der Waals surface area contributed by atoms with Crippen molar-refractivity contribution in [3.63, 3.8) is 0 Å². The second-order valence-corrected chi connectivity index (χ2v) is 5.38. The lowest BCUT2D eigenvalue weighted by Gasteiger charge is -2.39. The lowest BCUT2D eigenvalue weighted by Crippen LogP contribution is -2.51. The Kier molecular flexibility index (Phi) is 3.67. The van der Waals surface area contributed by atoms with Crippen molar-refractivity contribution in [2.24, 2.45) is 0 Å². The minimum absolute atomic E-state index is 0.0236. The van der Waals surface area contributed by atoms with Gasteiger partial charge in [-0.25, -0.2) is 0 Å². The molecule has 2 rings (SSSR count). The van der Waals surface area contributed by atoms with Crippen molar-refractivity contribution in [1.29, 1.82) is 0 Å². The molecule has 1 fully saturated rings. The molecular weight excluding hydrogens is 269 g/mol. The molecule has 0 saturated heterocycles.